The van der Waals surface area contributed by atoms with E-state index in [1.807, 2.05) is 0 Å². The highest BCUT2D eigenvalue weighted by molar-refractivity contribution is 5.94. The van der Waals surface area contributed by atoms with Crippen LogP contribution in [0.5, 0.6) is 5.75 Å². The van der Waals surface area contributed by atoms with Crippen molar-refractivity contribution in [3.05, 3.63) is 29.8 Å². The first-order valence-electron chi connectivity index (χ1n) is 5.93. The summed E-state index contributed by atoms with van der Waals surface area (Å²) in [5, 5.41) is 2.60. The average Bonchev–Trinajstić information content (AvgIpc) is 2.43. The molecule has 0 unspecified atom stereocenters. The van der Waals surface area contributed by atoms with Crippen LogP contribution in [-0.4, -0.2) is 32.1 Å². The lowest BCUT2D eigenvalue weighted by atomic mass is 10.2. The van der Waals surface area contributed by atoms with E-state index in [4.69, 9.17) is 0 Å². The molecule has 0 saturated carbocycles. The predicted octanol–water partition coefficient (Wildman–Crippen LogP) is 1.97. The van der Waals surface area contributed by atoms with Crippen LogP contribution in [0.15, 0.2) is 24.3 Å². The summed E-state index contributed by atoms with van der Waals surface area (Å²) in [6, 6.07) is 5.34. The molecule has 0 spiro atoms. The summed E-state index contributed by atoms with van der Waals surface area (Å²) in [5.41, 5.74) is 0.324. The van der Waals surface area contributed by atoms with Gasteiger partial charge in [-0.25, -0.2) is 0 Å². The van der Waals surface area contributed by atoms with Crippen molar-refractivity contribution in [3.63, 3.8) is 0 Å². The Hall–Kier alpha value is -2.18. The van der Waals surface area contributed by atoms with Gasteiger partial charge in [-0.3, -0.25) is 9.59 Å². The lowest BCUT2D eigenvalue weighted by Gasteiger charge is -2.07. The summed E-state index contributed by atoms with van der Waals surface area (Å²) in [7, 11) is 1.30. The van der Waals surface area contributed by atoms with Gasteiger partial charge in [0.15, 0.2) is 0 Å². The van der Waals surface area contributed by atoms with Gasteiger partial charge in [0.05, 0.1) is 7.11 Å². The van der Waals surface area contributed by atoms with E-state index in [1.54, 1.807) is 0 Å². The molecule has 1 aromatic carbocycles. The fourth-order valence-corrected chi connectivity index (χ4v) is 1.43. The Labute approximate surface area is 114 Å². The zero-order chi connectivity index (χ0) is 15.0. The molecule has 0 saturated heterocycles. The fourth-order valence-electron chi connectivity index (χ4n) is 1.43. The molecule has 0 radical (unpaired) electrons. The second kappa shape index (κ2) is 8.08. The maximum absolute atomic E-state index is 11.9. The number of esters is 1. The number of ether oxygens (including phenoxy) is 2. The summed E-state index contributed by atoms with van der Waals surface area (Å²) in [4.78, 5) is 22.5. The molecule has 0 fully saturated rings. The van der Waals surface area contributed by atoms with Crippen molar-refractivity contribution in [3.8, 4) is 5.75 Å². The molecule has 0 heterocycles. The molecule has 0 aliphatic rings. The van der Waals surface area contributed by atoms with Gasteiger partial charge in [0.25, 0.3) is 5.91 Å². The number of carbonyl (C=O) groups excluding carboxylic acids is 2. The summed E-state index contributed by atoms with van der Waals surface area (Å²) in [6.45, 7) is -2.57. The van der Waals surface area contributed by atoms with E-state index in [9.17, 15) is 18.4 Å². The van der Waals surface area contributed by atoms with Gasteiger partial charge in [-0.05, 0) is 30.7 Å². The van der Waals surface area contributed by atoms with Crippen LogP contribution in [0.1, 0.15) is 23.2 Å². The molecule has 1 N–H and O–H groups in total. The van der Waals surface area contributed by atoms with Gasteiger partial charge in [0.2, 0.25) is 0 Å². The highest BCUT2D eigenvalue weighted by atomic mass is 19.3. The third-order valence-electron chi connectivity index (χ3n) is 2.41. The average molecular weight is 287 g/mol. The van der Waals surface area contributed by atoms with Crippen molar-refractivity contribution >= 4 is 11.9 Å². The lowest BCUT2D eigenvalue weighted by Crippen LogP contribution is -2.24. The van der Waals surface area contributed by atoms with E-state index in [2.05, 4.69) is 14.8 Å². The molecule has 0 aliphatic carbocycles. The highest BCUT2D eigenvalue weighted by Crippen LogP contribution is 2.14. The molecular weight excluding hydrogens is 272 g/mol. The zero-order valence-electron chi connectivity index (χ0n) is 10.9. The van der Waals surface area contributed by atoms with E-state index >= 15 is 0 Å². The van der Waals surface area contributed by atoms with E-state index in [0.717, 1.165) is 0 Å². The monoisotopic (exact) mass is 287 g/mol. The Kier molecular flexibility index (Phi) is 6.42. The number of hydrogen-bond donors (Lipinski definition) is 1. The smallest absolute Gasteiger partial charge is 0.387 e. The third kappa shape index (κ3) is 5.64. The topological polar surface area (TPSA) is 64.6 Å². The van der Waals surface area contributed by atoms with Gasteiger partial charge in [-0.15, -0.1) is 0 Å². The zero-order valence-corrected chi connectivity index (χ0v) is 10.9. The summed E-state index contributed by atoms with van der Waals surface area (Å²) >= 11 is 0. The Morgan fingerprint density at radius 2 is 1.90 bits per heavy atom. The summed E-state index contributed by atoms with van der Waals surface area (Å²) in [5.74, 6) is -0.701. The molecule has 1 amide bonds. The Balaban J connectivity index is 2.38. The van der Waals surface area contributed by atoms with E-state index in [0.29, 0.717) is 18.5 Å². The van der Waals surface area contributed by atoms with Gasteiger partial charge in [-0.2, -0.15) is 8.78 Å². The number of halogens is 2. The van der Waals surface area contributed by atoms with Crippen molar-refractivity contribution in [2.45, 2.75) is 19.5 Å². The molecule has 0 atom stereocenters. The maximum Gasteiger partial charge on any atom is 0.387 e. The molecule has 1 rings (SSSR count). The van der Waals surface area contributed by atoms with Crippen LogP contribution in [0, 0.1) is 0 Å². The highest BCUT2D eigenvalue weighted by Gasteiger charge is 2.08. The second-order valence-electron chi connectivity index (χ2n) is 3.84. The van der Waals surface area contributed by atoms with Crippen LogP contribution in [0.3, 0.4) is 0 Å². The number of hydrogen-bond acceptors (Lipinski definition) is 4. The van der Waals surface area contributed by atoms with Crippen LogP contribution < -0.4 is 10.1 Å². The first-order valence-corrected chi connectivity index (χ1v) is 5.93. The SMILES string of the molecule is COC(=O)CCCNC(=O)c1ccc(OC(F)F)cc1. The maximum atomic E-state index is 11.9. The van der Waals surface area contributed by atoms with Gasteiger partial charge >= 0.3 is 12.6 Å². The number of rotatable bonds is 7. The van der Waals surface area contributed by atoms with Crippen LogP contribution in [0.4, 0.5) is 8.78 Å². The fraction of sp³-hybridized carbons (Fsp3) is 0.385. The minimum Gasteiger partial charge on any atom is -0.469 e. The second-order valence-corrected chi connectivity index (χ2v) is 3.84. The van der Waals surface area contributed by atoms with Crippen molar-refractivity contribution in [2.75, 3.05) is 13.7 Å². The molecule has 0 bridgehead atoms. The predicted molar refractivity (Wildman–Crippen MR) is 66.7 cm³/mol. The largest absolute Gasteiger partial charge is 0.469 e. The number of benzene rings is 1. The van der Waals surface area contributed by atoms with Crippen LogP contribution in [0.25, 0.3) is 0 Å². The Bertz CT molecular complexity index is 448. The van der Waals surface area contributed by atoms with E-state index < -0.39 is 6.61 Å². The summed E-state index contributed by atoms with van der Waals surface area (Å²) < 4.78 is 32.5. The van der Waals surface area contributed by atoms with Crippen LogP contribution >= 0.6 is 0 Å². The minimum absolute atomic E-state index is 0.0118. The van der Waals surface area contributed by atoms with Crippen molar-refractivity contribution < 1.29 is 27.8 Å². The summed E-state index contributed by atoms with van der Waals surface area (Å²) in [6.07, 6.45) is 0.683. The molecule has 7 heteroatoms. The lowest BCUT2D eigenvalue weighted by molar-refractivity contribution is -0.140. The molecule has 0 aliphatic heterocycles. The molecule has 110 valence electrons. The molecule has 0 aromatic heterocycles. The number of alkyl halides is 2. The van der Waals surface area contributed by atoms with Crippen molar-refractivity contribution in [1.82, 2.24) is 5.32 Å². The normalized spacial score (nSPS) is 10.2. The third-order valence-corrected chi connectivity index (χ3v) is 2.41. The molecule has 20 heavy (non-hydrogen) atoms. The number of nitrogens with one attached hydrogen (secondary N) is 1. The van der Waals surface area contributed by atoms with Gasteiger partial charge in [0, 0.05) is 18.5 Å². The number of amides is 1. The van der Waals surface area contributed by atoms with Crippen molar-refractivity contribution in [2.24, 2.45) is 0 Å². The Morgan fingerprint density at radius 1 is 1.25 bits per heavy atom. The molecule has 1 aromatic rings. The van der Waals surface area contributed by atoms with E-state index in [-0.39, 0.29) is 24.0 Å². The van der Waals surface area contributed by atoms with Gasteiger partial charge in [0.1, 0.15) is 5.75 Å². The quantitative estimate of drug-likeness (QED) is 0.615. The molecular formula is C13H15F2NO4. The van der Waals surface area contributed by atoms with Crippen molar-refractivity contribution in [1.29, 1.82) is 0 Å². The number of methoxy groups -OCH3 is 1. The van der Waals surface area contributed by atoms with Crippen LogP contribution in [0.2, 0.25) is 0 Å². The van der Waals surface area contributed by atoms with Gasteiger partial charge < -0.3 is 14.8 Å². The minimum atomic E-state index is -2.90. The first-order chi connectivity index (χ1) is 9.52. The van der Waals surface area contributed by atoms with Gasteiger partial charge in [-0.1, -0.05) is 0 Å². The standard InChI is InChI=1S/C13H15F2NO4/c1-19-11(17)3-2-8-16-12(18)9-4-6-10(7-5-9)20-13(14)15/h4-7,13H,2-3,8H2,1H3,(H,16,18). The Morgan fingerprint density at radius 3 is 2.45 bits per heavy atom. The van der Waals surface area contributed by atoms with E-state index in [1.165, 1.54) is 31.4 Å². The first kappa shape index (κ1) is 15.9. The molecule has 5 nitrogen and oxygen atoms in total. The van der Waals surface area contributed by atoms with Crippen LogP contribution in [-0.2, 0) is 9.53 Å². The number of carbonyl (C=O) groups is 2.